The minimum atomic E-state index is -3.34. The predicted molar refractivity (Wildman–Crippen MR) is 103 cm³/mol. The van der Waals surface area contributed by atoms with Crippen LogP contribution in [0.2, 0.25) is 0 Å². The number of nitrogens with one attached hydrogen (secondary N) is 1. The first kappa shape index (κ1) is 20.7. The minimum absolute atomic E-state index is 0.275. The van der Waals surface area contributed by atoms with Crippen molar-refractivity contribution in [2.24, 2.45) is 0 Å². The molecule has 0 unspecified atom stereocenters. The molecule has 27 heavy (non-hydrogen) atoms. The Morgan fingerprint density at radius 3 is 2.26 bits per heavy atom. The van der Waals surface area contributed by atoms with Crippen LogP contribution in [0.4, 0.5) is 10.1 Å². The Balaban J connectivity index is 1.97. The van der Waals surface area contributed by atoms with Gasteiger partial charge in [0.15, 0.2) is 6.10 Å². The Kier molecular flexibility index (Phi) is 6.79. The third kappa shape index (κ3) is 5.96. The molecule has 0 aliphatic carbocycles. The first-order chi connectivity index (χ1) is 12.7. The van der Waals surface area contributed by atoms with Gasteiger partial charge in [-0.1, -0.05) is 19.1 Å². The van der Waals surface area contributed by atoms with Crippen LogP contribution >= 0.6 is 0 Å². The average molecular weight is 394 g/mol. The standard InChI is InChI=1S/C19H23FN2O4S/c1-4-18(19(23)21-13-14-5-7-15(20)8-6-14)26-17-11-9-16(10-12-17)22(2)27(3,24)25/h5-12,18H,4,13H2,1-3H3,(H,21,23)/t18-/m0/s1. The molecule has 8 heteroatoms. The lowest BCUT2D eigenvalue weighted by Gasteiger charge is -2.19. The summed E-state index contributed by atoms with van der Waals surface area (Å²) in [5, 5.41) is 2.77. The molecule has 0 spiro atoms. The van der Waals surface area contributed by atoms with Crippen LogP contribution in [0.5, 0.6) is 5.75 Å². The van der Waals surface area contributed by atoms with Gasteiger partial charge in [0.1, 0.15) is 11.6 Å². The second kappa shape index (κ2) is 8.85. The van der Waals surface area contributed by atoms with Crippen LogP contribution in [-0.4, -0.2) is 33.7 Å². The average Bonchev–Trinajstić information content (AvgIpc) is 2.64. The number of sulfonamides is 1. The number of carbonyl (C=O) groups excluding carboxylic acids is 1. The minimum Gasteiger partial charge on any atom is -0.481 e. The van der Waals surface area contributed by atoms with Crippen molar-refractivity contribution < 1.29 is 22.3 Å². The van der Waals surface area contributed by atoms with Crippen LogP contribution in [-0.2, 0) is 21.4 Å². The number of carbonyl (C=O) groups is 1. The highest BCUT2D eigenvalue weighted by Crippen LogP contribution is 2.21. The maximum absolute atomic E-state index is 12.9. The van der Waals surface area contributed by atoms with Gasteiger partial charge in [-0.25, -0.2) is 12.8 Å². The van der Waals surface area contributed by atoms with Gasteiger partial charge in [-0.2, -0.15) is 0 Å². The molecule has 0 heterocycles. The second-order valence-corrected chi connectivity index (χ2v) is 8.10. The normalized spacial score (nSPS) is 12.3. The summed E-state index contributed by atoms with van der Waals surface area (Å²) in [6.45, 7) is 2.10. The van der Waals surface area contributed by atoms with E-state index < -0.39 is 16.1 Å². The molecule has 1 amide bonds. The molecule has 0 aliphatic rings. The number of hydrogen-bond acceptors (Lipinski definition) is 4. The van der Waals surface area contributed by atoms with Crippen LogP contribution in [0, 0.1) is 5.82 Å². The molecule has 0 saturated heterocycles. The summed E-state index contributed by atoms with van der Waals surface area (Å²) in [5.74, 6) is -0.145. The Bertz CT molecular complexity index is 868. The monoisotopic (exact) mass is 394 g/mol. The second-order valence-electron chi connectivity index (χ2n) is 6.08. The van der Waals surface area contributed by atoms with Crippen molar-refractivity contribution in [3.8, 4) is 5.75 Å². The molecular formula is C19H23FN2O4S. The molecule has 0 fully saturated rings. The summed E-state index contributed by atoms with van der Waals surface area (Å²) in [7, 11) is -1.88. The van der Waals surface area contributed by atoms with E-state index >= 15 is 0 Å². The third-order valence-corrected chi connectivity index (χ3v) is 5.23. The highest BCUT2D eigenvalue weighted by molar-refractivity contribution is 7.92. The number of nitrogens with zero attached hydrogens (tertiary/aromatic N) is 1. The van der Waals surface area contributed by atoms with Crippen molar-refractivity contribution in [3.05, 3.63) is 59.9 Å². The number of rotatable bonds is 8. The first-order valence-electron chi connectivity index (χ1n) is 8.43. The Morgan fingerprint density at radius 1 is 1.15 bits per heavy atom. The fourth-order valence-corrected chi connectivity index (χ4v) is 2.82. The van der Waals surface area contributed by atoms with Crippen molar-refractivity contribution in [1.29, 1.82) is 0 Å². The number of ether oxygens (including phenoxy) is 1. The zero-order valence-electron chi connectivity index (χ0n) is 15.5. The van der Waals surface area contributed by atoms with Gasteiger partial charge < -0.3 is 10.1 Å². The van der Waals surface area contributed by atoms with Gasteiger partial charge >= 0.3 is 0 Å². The van der Waals surface area contributed by atoms with Gasteiger partial charge in [0.25, 0.3) is 5.91 Å². The van der Waals surface area contributed by atoms with Crippen LogP contribution in [0.1, 0.15) is 18.9 Å². The van der Waals surface area contributed by atoms with E-state index in [1.165, 1.54) is 19.2 Å². The van der Waals surface area contributed by atoms with E-state index in [9.17, 15) is 17.6 Å². The zero-order valence-corrected chi connectivity index (χ0v) is 16.3. The molecule has 6 nitrogen and oxygen atoms in total. The Labute approximate surface area is 159 Å². The zero-order chi connectivity index (χ0) is 20.0. The van der Waals surface area contributed by atoms with E-state index in [2.05, 4.69) is 5.32 Å². The SMILES string of the molecule is CC[C@H](Oc1ccc(N(C)S(C)(=O)=O)cc1)C(=O)NCc1ccc(F)cc1. The molecule has 2 aromatic rings. The van der Waals surface area contributed by atoms with E-state index in [1.54, 1.807) is 36.4 Å². The van der Waals surface area contributed by atoms with Crippen LogP contribution in [0.15, 0.2) is 48.5 Å². The number of anilines is 1. The lowest BCUT2D eigenvalue weighted by Crippen LogP contribution is -2.37. The molecular weight excluding hydrogens is 371 g/mol. The highest BCUT2D eigenvalue weighted by Gasteiger charge is 2.18. The lowest BCUT2D eigenvalue weighted by atomic mass is 10.2. The molecule has 1 atom stereocenters. The van der Waals surface area contributed by atoms with Gasteiger partial charge in [-0.15, -0.1) is 0 Å². The molecule has 0 radical (unpaired) electrons. The number of hydrogen-bond donors (Lipinski definition) is 1. The third-order valence-electron chi connectivity index (χ3n) is 4.02. The molecule has 0 saturated carbocycles. The molecule has 0 bridgehead atoms. The van der Waals surface area contributed by atoms with E-state index in [-0.39, 0.29) is 18.3 Å². The first-order valence-corrected chi connectivity index (χ1v) is 10.3. The number of halogens is 1. The summed E-state index contributed by atoms with van der Waals surface area (Å²) in [6, 6.07) is 12.3. The quantitative estimate of drug-likeness (QED) is 0.747. The fourth-order valence-electron chi connectivity index (χ4n) is 2.32. The molecule has 2 aromatic carbocycles. The smallest absolute Gasteiger partial charge is 0.261 e. The maximum Gasteiger partial charge on any atom is 0.261 e. The highest BCUT2D eigenvalue weighted by atomic mass is 32.2. The predicted octanol–water partition coefficient (Wildman–Crippen LogP) is 2.70. The summed E-state index contributed by atoms with van der Waals surface area (Å²) < 4.78 is 42.9. The summed E-state index contributed by atoms with van der Waals surface area (Å²) in [5.41, 5.74) is 1.28. The van der Waals surface area contributed by atoms with Crippen molar-refractivity contribution in [2.75, 3.05) is 17.6 Å². The van der Waals surface area contributed by atoms with Crippen molar-refractivity contribution in [1.82, 2.24) is 5.32 Å². The Hall–Kier alpha value is -2.61. The maximum atomic E-state index is 12.9. The molecule has 0 aromatic heterocycles. The summed E-state index contributed by atoms with van der Waals surface area (Å²) >= 11 is 0. The van der Waals surface area contributed by atoms with Crippen molar-refractivity contribution in [2.45, 2.75) is 26.0 Å². The van der Waals surface area contributed by atoms with Crippen molar-refractivity contribution >= 4 is 21.6 Å². The van der Waals surface area contributed by atoms with Crippen LogP contribution < -0.4 is 14.4 Å². The number of amides is 1. The van der Waals surface area contributed by atoms with Crippen LogP contribution in [0.25, 0.3) is 0 Å². The lowest BCUT2D eigenvalue weighted by molar-refractivity contribution is -0.128. The van der Waals surface area contributed by atoms with E-state index in [0.29, 0.717) is 17.9 Å². The fraction of sp³-hybridized carbons (Fsp3) is 0.316. The van der Waals surface area contributed by atoms with Crippen molar-refractivity contribution in [3.63, 3.8) is 0 Å². The van der Waals surface area contributed by atoms with Gasteiger partial charge in [0.05, 0.1) is 11.9 Å². The summed E-state index contributed by atoms with van der Waals surface area (Å²) in [6.07, 6.45) is 0.889. The topological polar surface area (TPSA) is 75.7 Å². The van der Waals surface area contributed by atoms with E-state index in [0.717, 1.165) is 16.1 Å². The largest absolute Gasteiger partial charge is 0.481 e. The molecule has 146 valence electrons. The van der Waals surface area contributed by atoms with E-state index in [1.807, 2.05) is 6.92 Å². The molecule has 1 N–H and O–H groups in total. The van der Waals surface area contributed by atoms with E-state index in [4.69, 9.17) is 4.74 Å². The molecule has 0 aliphatic heterocycles. The van der Waals surface area contributed by atoms with Crippen LogP contribution in [0.3, 0.4) is 0 Å². The molecule has 2 rings (SSSR count). The summed E-state index contributed by atoms with van der Waals surface area (Å²) in [4.78, 5) is 12.3. The number of benzene rings is 2. The van der Waals surface area contributed by atoms with Gasteiger partial charge in [0.2, 0.25) is 10.0 Å². The van der Waals surface area contributed by atoms with Gasteiger partial charge in [-0.3, -0.25) is 9.10 Å². The van der Waals surface area contributed by atoms with Gasteiger partial charge in [0, 0.05) is 13.6 Å². The Morgan fingerprint density at radius 2 is 1.74 bits per heavy atom. The van der Waals surface area contributed by atoms with Gasteiger partial charge in [-0.05, 0) is 48.4 Å².